The summed E-state index contributed by atoms with van der Waals surface area (Å²) in [6.07, 6.45) is -7.31. The normalized spacial score (nSPS) is 23.1. The molecule has 2 unspecified atom stereocenters. The summed E-state index contributed by atoms with van der Waals surface area (Å²) in [4.78, 5) is 27.9. The van der Waals surface area contributed by atoms with Crippen molar-refractivity contribution in [2.24, 2.45) is 11.1 Å². The molecule has 1 saturated carbocycles. The molecule has 4 rings (SSSR count). The molecular weight excluding hydrogens is 524 g/mol. The number of aryl methyl sites for hydroxylation is 1. The van der Waals surface area contributed by atoms with Crippen molar-refractivity contribution < 1.29 is 35.9 Å². The Morgan fingerprint density at radius 2 is 1.51 bits per heavy atom. The topological polar surface area (TPSA) is 75.4 Å². The van der Waals surface area contributed by atoms with Gasteiger partial charge in [-0.1, -0.05) is 29.8 Å². The molecule has 0 spiro atoms. The van der Waals surface area contributed by atoms with Crippen molar-refractivity contribution in [1.29, 1.82) is 0 Å². The summed E-state index contributed by atoms with van der Waals surface area (Å²) in [6, 6.07) is 9.51. The average Bonchev–Trinajstić information content (AvgIpc) is 3.34. The maximum absolute atomic E-state index is 13.2. The van der Waals surface area contributed by atoms with Crippen LogP contribution in [0.1, 0.15) is 65.8 Å². The van der Waals surface area contributed by atoms with Crippen molar-refractivity contribution >= 4 is 11.8 Å². The average molecular weight is 556 g/mol. The number of primary amides is 1. The van der Waals surface area contributed by atoms with Gasteiger partial charge >= 0.3 is 12.4 Å². The second-order valence-electron chi connectivity index (χ2n) is 10.7. The van der Waals surface area contributed by atoms with Gasteiger partial charge in [-0.15, -0.1) is 0 Å². The predicted octanol–water partition coefficient (Wildman–Crippen LogP) is 5.55. The summed E-state index contributed by atoms with van der Waals surface area (Å²) >= 11 is 0. The van der Waals surface area contributed by atoms with Crippen molar-refractivity contribution in [2.75, 3.05) is 13.1 Å². The zero-order valence-electron chi connectivity index (χ0n) is 21.5. The fourth-order valence-corrected chi connectivity index (χ4v) is 5.78. The van der Waals surface area contributed by atoms with Crippen LogP contribution in [0.15, 0.2) is 42.5 Å². The van der Waals surface area contributed by atoms with E-state index in [4.69, 9.17) is 5.73 Å². The first-order chi connectivity index (χ1) is 18.2. The molecule has 2 atom stereocenters. The number of nitrogens with one attached hydrogen (secondary N) is 1. The van der Waals surface area contributed by atoms with Crippen molar-refractivity contribution in [1.82, 2.24) is 10.2 Å². The first-order valence-corrected chi connectivity index (χ1v) is 12.9. The van der Waals surface area contributed by atoms with E-state index in [1.807, 2.05) is 6.92 Å². The van der Waals surface area contributed by atoms with Gasteiger partial charge in [0.2, 0.25) is 11.8 Å². The number of carbonyl (C=O) groups excluding carboxylic acids is 2. The molecule has 5 nitrogen and oxygen atoms in total. The van der Waals surface area contributed by atoms with Gasteiger partial charge in [0, 0.05) is 12.6 Å². The van der Waals surface area contributed by atoms with Crippen LogP contribution in [0.3, 0.4) is 0 Å². The Hall–Kier alpha value is -3.08. The number of nitrogens with zero attached hydrogens (tertiary/aromatic N) is 1. The third kappa shape index (κ3) is 6.40. The fourth-order valence-electron chi connectivity index (χ4n) is 5.78. The standard InChI is InChI=1S/C28H31F6N3O2/c1-17-2-4-19(5-3-17)20-7-10-37(11-8-20)23-6-9-26(15-23,24(35)38)25(39)36-16-18-12-21(27(29,30)31)14-22(13-18)28(32,33)34/h2-5,12-14,20,23H,6-11,15-16H2,1H3,(H2,35,38)(H,36,39). The molecule has 3 N–H and O–H groups in total. The Morgan fingerprint density at radius 1 is 0.949 bits per heavy atom. The quantitative estimate of drug-likeness (QED) is 0.363. The van der Waals surface area contributed by atoms with E-state index in [1.54, 1.807) is 0 Å². The molecule has 0 radical (unpaired) electrons. The zero-order valence-corrected chi connectivity index (χ0v) is 21.5. The third-order valence-electron chi connectivity index (χ3n) is 8.09. The van der Waals surface area contributed by atoms with Crippen LogP contribution >= 0.6 is 0 Å². The molecule has 1 heterocycles. The number of hydrogen-bond acceptors (Lipinski definition) is 3. The van der Waals surface area contributed by atoms with Crippen LogP contribution in [0.4, 0.5) is 26.3 Å². The molecule has 2 aromatic rings. The van der Waals surface area contributed by atoms with Gasteiger partial charge in [-0.2, -0.15) is 26.3 Å². The number of carbonyl (C=O) groups is 2. The second kappa shape index (κ2) is 10.8. The molecule has 0 bridgehead atoms. The van der Waals surface area contributed by atoms with E-state index in [1.165, 1.54) is 11.1 Å². The Morgan fingerprint density at radius 3 is 2.03 bits per heavy atom. The van der Waals surface area contributed by atoms with Crippen molar-refractivity contribution in [3.63, 3.8) is 0 Å². The molecule has 1 aliphatic heterocycles. The lowest BCUT2D eigenvalue weighted by molar-refractivity contribution is -0.143. The van der Waals surface area contributed by atoms with Crippen LogP contribution in [0.2, 0.25) is 0 Å². The largest absolute Gasteiger partial charge is 0.416 e. The molecule has 2 aromatic carbocycles. The predicted molar refractivity (Wildman–Crippen MR) is 132 cm³/mol. The van der Waals surface area contributed by atoms with Gasteiger partial charge in [-0.05, 0) is 87.4 Å². The smallest absolute Gasteiger partial charge is 0.369 e. The number of piperidine rings is 1. The SMILES string of the molecule is Cc1ccc(C2CCN(C3CCC(C(N)=O)(C(=O)NCc4cc(C(F)(F)F)cc(C(F)(F)F)c4)C3)CC2)cc1. The lowest BCUT2D eigenvalue weighted by atomic mass is 9.83. The molecule has 39 heavy (non-hydrogen) atoms. The number of nitrogens with two attached hydrogens (primary N) is 1. The van der Waals surface area contributed by atoms with E-state index in [-0.39, 0.29) is 30.5 Å². The van der Waals surface area contributed by atoms with E-state index < -0.39 is 47.3 Å². The molecule has 1 saturated heterocycles. The van der Waals surface area contributed by atoms with Gasteiger partial charge in [0.25, 0.3) is 0 Å². The molecule has 1 aliphatic carbocycles. The van der Waals surface area contributed by atoms with E-state index in [2.05, 4.69) is 34.5 Å². The van der Waals surface area contributed by atoms with Gasteiger partial charge in [-0.25, -0.2) is 0 Å². The summed E-state index contributed by atoms with van der Waals surface area (Å²) in [6.45, 7) is 2.99. The minimum atomic E-state index is -5.00. The number of halogens is 6. The summed E-state index contributed by atoms with van der Waals surface area (Å²) in [5, 5.41) is 2.38. The van der Waals surface area contributed by atoms with E-state index >= 15 is 0 Å². The number of amides is 2. The first kappa shape index (κ1) is 28.9. The number of benzene rings is 2. The highest BCUT2D eigenvalue weighted by Crippen LogP contribution is 2.43. The summed E-state index contributed by atoms with van der Waals surface area (Å²) < 4.78 is 79.1. The molecule has 11 heteroatoms. The third-order valence-corrected chi connectivity index (χ3v) is 8.09. The Labute approximate surface area is 222 Å². The van der Waals surface area contributed by atoms with Gasteiger partial charge in [0.15, 0.2) is 0 Å². The van der Waals surface area contributed by atoms with E-state index in [0.29, 0.717) is 24.5 Å². The first-order valence-electron chi connectivity index (χ1n) is 12.9. The molecule has 2 amide bonds. The number of alkyl halides is 6. The zero-order chi connectivity index (χ0) is 28.6. The maximum Gasteiger partial charge on any atom is 0.416 e. The Balaban J connectivity index is 1.42. The van der Waals surface area contributed by atoms with Crippen molar-refractivity contribution in [2.45, 2.75) is 69.9 Å². The second-order valence-corrected chi connectivity index (χ2v) is 10.7. The van der Waals surface area contributed by atoms with Crippen molar-refractivity contribution in [3.05, 3.63) is 70.3 Å². The fraction of sp³-hybridized carbons (Fsp3) is 0.500. The van der Waals surface area contributed by atoms with Crippen LogP contribution in [-0.4, -0.2) is 35.8 Å². The van der Waals surface area contributed by atoms with E-state index in [9.17, 15) is 35.9 Å². The summed E-state index contributed by atoms with van der Waals surface area (Å²) in [5.41, 5.74) is 3.23. The number of rotatable bonds is 6. The van der Waals surface area contributed by atoms with Crippen LogP contribution < -0.4 is 11.1 Å². The van der Waals surface area contributed by atoms with Crippen molar-refractivity contribution in [3.8, 4) is 0 Å². The van der Waals surface area contributed by atoms with Gasteiger partial charge in [-0.3, -0.25) is 9.59 Å². The van der Waals surface area contributed by atoms with Crippen LogP contribution in [0.25, 0.3) is 0 Å². The summed E-state index contributed by atoms with van der Waals surface area (Å²) in [5.74, 6) is -1.21. The maximum atomic E-state index is 13.2. The van der Waals surface area contributed by atoms with Gasteiger partial charge in [0.1, 0.15) is 5.41 Å². The Kier molecular flexibility index (Phi) is 8.03. The van der Waals surface area contributed by atoms with Crippen LogP contribution in [0, 0.1) is 12.3 Å². The monoisotopic (exact) mass is 555 g/mol. The molecule has 2 aliphatic rings. The lowest BCUT2D eigenvalue weighted by Crippen LogP contribution is -2.49. The van der Waals surface area contributed by atoms with Gasteiger partial charge < -0.3 is 16.0 Å². The highest BCUT2D eigenvalue weighted by Gasteiger charge is 2.51. The molecule has 0 aromatic heterocycles. The number of likely N-dealkylation sites (tertiary alicyclic amines) is 1. The lowest BCUT2D eigenvalue weighted by Gasteiger charge is -2.37. The van der Waals surface area contributed by atoms with Crippen LogP contribution in [0.5, 0.6) is 0 Å². The van der Waals surface area contributed by atoms with Crippen LogP contribution in [-0.2, 0) is 28.5 Å². The Bertz CT molecular complexity index is 1170. The highest BCUT2D eigenvalue weighted by atomic mass is 19.4. The summed E-state index contributed by atoms with van der Waals surface area (Å²) in [7, 11) is 0. The minimum absolute atomic E-state index is 0.0276. The molecular formula is C28H31F6N3O2. The highest BCUT2D eigenvalue weighted by molar-refractivity contribution is 6.04. The minimum Gasteiger partial charge on any atom is -0.369 e. The van der Waals surface area contributed by atoms with E-state index in [0.717, 1.165) is 25.9 Å². The van der Waals surface area contributed by atoms with Gasteiger partial charge in [0.05, 0.1) is 11.1 Å². The molecule has 212 valence electrons. The number of hydrogen-bond donors (Lipinski definition) is 2. The molecule has 2 fully saturated rings.